The number of hydrogen-bond donors (Lipinski definition) is 2. The minimum atomic E-state index is -0.385. The maximum atomic E-state index is 12.5. The predicted molar refractivity (Wildman–Crippen MR) is 83.1 cm³/mol. The third-order valence-electron chi connectivity index (χ3n) is 4.06. The molecule has 0 aliphatic carbocycles. The minimum Gasteiger partial charge on any atom is -0.409 e. The van der Waals surface area contributed by atoms with E-state index in [0.29, 0.717) is 36.5 Å². The van der Waals surface area contributed by atoms with Gasteiger partial charge < -0.3 is 15.8 Å². The molecule has 2 rings (SSSR count). The second-order valence-corrected chi connectivity index (χ2v) is 6.22. The molecule has 0 aromatic heterocycles. The van der Waals surface area contributed by atoms with E-state index in [4.69, 9.17) is 34.1 Å². The van der Waals surface area contributed by atoms with Crippen LogP contribution in [0.5, 0.6) is 0 Å². The Bertz CT molecular complexity index is 582. The lowest BCUT2D eigenvalue weighted by molar-refractivity contribution is 0.0666. The number of oxime groups is 1. The first kappa shape index (κ1) is 15.9. The van der Waals surface area contributed by atoms with Gasteiger partial charge in [-0.1, -0.05) is 41.3 Å². The number of rotatable bonds is 2. The number of amides is 1. The molecule has 1 amide bonds. The Morgan fingerprint density at radius 1 is 1.38 bits per heavy atom. The topological polar surface area (TPSA) is 78.9 Å². The van der Waals surface area contributed by atoms with E-state index in [-0.39, 0.29) is 22.2 Å². The first-order valence-electron chi connectivity index (χ1n) is 6.60. The molecule has 3 N–H and O–H groups in total. The summed E-state index contributed by atoms with van der Waals surface area (Å²) in [5.41, 5.74) is 5.73. The Balaban J connectivity index is 2.12. The maximum Gasteiger partial charge on any atom is 0.255 e. The van der Waals surface area contributed by atoms with Gasteiger partial charge in [-0.05, 0) is 25.0 Å². The molecule has 1 aromatic carbocycles. The molecule has 21 heavy (non-hydrogen) atoms. The van der Waals surface area contributed by atoms with Gasteiger partial charge in [0, 0.05) is 18.5 Å². The van der Waals surface area contributed by atoms with Gasteiger partial charge in [-0.2, -0.15) is 0 Å². The van der Waals surface area contributed by atoms with Crippen molar-refractivity contribution >= 4 is 34.9 Å². The highest BCUT2D eigenvalue weighted by Crippen LogP contribution is 2.33. The molecule has 7 heteroatoms. The molecule has 1 fully saturated rings. The molecular formula is C14H17Cl2N3O2. The Labute approximate surface area is 133 Å². The van der Waals surface area contributed by atoms with Crippen molar-refractivity contribution in [1.29, 1.82) is 0 Å². The standard InChI is InChI=1S/C14H17Cl2N3O2/c1-14(13(17)18-21)5-7-19(8-6-14)12(20)9-3-2-4-10(15)11(9)16/h2-4,21H,5-8H2,1H3,(H2,17,18). The zero-order chi connectivity index (χ0) is 15.6. The van der Waals surface area contributed by atoms with E-state index < -0.39 is 0 Å². The van der Waals surface area contributed by atoms with Crippen LogP contribution in [0.15, 0.2) is 23.4 Å². The molecule has 0 radical (unpaired) electrons. The number of carbonyl (C=O) groups is 1. The highest BCUT2D eigenvalue weighted by Gasteiger charge is 2.36. The Morgan fingerprint density at radius 3 is 2.57 bits per heavy atom. The van der Waals surface area contributed by atoms with Crippen LogP contribution < -0.4 is 5.73 Å². The zero-order valence-electron chi connectivity index (χ0n) is 11.6. The molecule has 0 atom stereocenters. The van der Waals surface area contributed by atoms with Crippen LogP contribution in [-0.4, -0.2) is 34.9 Å². The fourth-order valence-corrected chi connectivity index (χ4v) is 2.80. The van der Waals surface area contributed by atoms with Crippen LogP contribution in [-0.2, 0) is 0 Å². The molecule has 5 nitrogen and oxygen atoms in total. The smallest absolute Gasteiger partial charge is 0.255 e. The first-order chi connectivity index (χ1) is 9.89. The van der Waals surface area contributed by atoms with Crippen LogP contribution in [0.2, 0.25) is 10.0 Å². The largest absolute Gasteiger partial charge is 0.409 e. The number of benzene rings is 1. The molecule has 1 aliphatic heterocycles. The summed E-state index contributed by atoms with van der Waals surface area (Å²) >= 11 is 12.0. The van der Waals surface area contributed by atoms with Crippen LogP contribution >= 0.6 is 23.2 Å². The number of piperidine rings is 1. The number of likely N-dealkylation sites (tertiary alicyclic amines) is 1. The number of halogens is 2. The van der Waals surface area contributed by atoms with E-state index >= 15 is 0 Å². The summed E-state index contributed by atoms with van der Waals surface area (Å²) in [5.74, 6) is 0.0550. The average molecular weight is 330 g/mol. The summed E-state index contributed by atoms with van der Waals surface area (Å²) in [6.45, 7) is 2.97. The van der Waals surface area contributed by atoms with Crippen molar-refractivity contribution < 1.29 is 10.0 Å². The number of nitrogens with zero attached hydrogens (tertiary/aromatic N) is 2. The average Bonchev–Trinajstić information content (AvgIpc) is 2.49. The van der Waals surface area contributed by atoms with Gasteiger partial charge in [0.25, 0.3) is 5.91 Å². The highest BCUT2D eigenvalue weighted by atomic mass is 35.5. The summed E-state index contributed by atoms with van der Waals surface area (Å²) in [5, 5.41) is 12.5. The quantitative estimate of drug-likeness (QED) is 0.379. The normalized spacial score (nSPS) is 18.6. The number of nitrogens with two attached hydrogens (primary N) is 1. The Hall–Kier alpha value is -1.46. The van der Waals surface area contributed by atoms with Crippen LogP contribution in [0.4, 0.5) is 0 Å². The van der Waals surface area contributed by atoms with Crippen molar-refractivity contribution in [2.45, 2.75) is 19.8 Å². The molecule has 0 bridgehead atoms. The zero-order valence-corrected chi connectivity index (χ0v) is 13.2. The highest BCUT2D eigenvalue weighted by molar-refractivity contribution is 6.43. The van der Waals surface area contributed by atoms with E-state index in [1.54, 1.807) is 23.1 Å². The van der Waals surface area contributed by atoms with Gasteiger partial charge in [0.15, 0.2) is 0 Å². The number of amidine groups is 1. The second-order valence-electron chi connectivity index (χ2n) is 5.44. The first-order valence-corrected chi connectivity index (χ1v) is 7.36. The van der Waals surface area contributed by atoms with Gasteiger partial charge in [-0.25, -0.2) is 0 Å². The van der Waals surface area contributed by atoms with Crippen LogP contribution in [0.1, 0.15) is 30.1 Å². The molecular weight excluding hydrogens is 313 g/mol. The van der Waals surface area contributed by atoms with Gasteiger partial charge in [0.2, 0.25) is 0 Å². The monoisotopic (exact) mass is 329 g/mol. The maximum absolute atomic E-state index is 12.5. The van der Waals surface area contributed by atoms with E-state index in [1.807, 2.05) is 6.92 Å². The molecule has 0 spiro atoms. The van der Waals surface area contributed by atoms with Crippen LogP contribution in [0.3, 0.4) is 0 Å². The molecule has 0 saturated carbocycles. The van der Waals surface area contributed by atoms with Crippen molar-refractivity contribution in [1.82, 2.24) is 4.90 Å². The van der Waals surface area contributed by atoms with Crippen LogP contribution in [0.25, 0.3) is 0 Å². The van der Waals surface area contributed by atoms with Gasteiger partial charge >= 0.3 is 0 Å². The van der Waals surface area contributed by atoms with Crippen molar-refractivity contribution in [3.8, 4) is 0 Å². The van der Waals surface area contributed by atoms with E-state index in [0.717, 1.165) is 0 Å². The van der Waals surface area contributed by atoms with Gasteiger partial charge in [0.1, 0.15) is 5.84 Å². The summed E-state index contributed by atoms with van der Waals surface area (Å²) < 4.78 is 0. The van der Waals surface area contributed by atoms with Gasteiger partial charge in [-0.15, -0.1) is 0 Å². The van der Waals surface area contributed by atoms with Crippen molar-refractivity contribution in [2.75, 3.05) is 13.1 Å². The lowest BCUT2D eigenvalue weighted by Gasteiger charge is -2.38. The van der Waals surface area contributed by atoms with E-state index in [2.05, 4.69) is 5.16 Å². The van der Waals surface area contributed by atoms with Crippen molar-refractivity contribution in [3.63, 3.8) is 0 Å². The SMILES string of the molecule is CC1(/C(N)=N/O)CCN(C(=O)c2cccc(Cl)c2Cl)CC1. The minimum absolute atomic E-state index is 0.149. The second kappa shape index (κ2) is 6.12. The number of hydrogen-bond acceptors (Lipinski definition) is 3. The summed E-state index contributed by atoms with van der Waals surface area (Å²) in [4.78, 5) is 14.2. The molecule has 1 aliphatic rings. The van der Waals surface area contributed by atoms with E-state index in [1.165, 1.54) is 0 Å². The lowest BCUT2D eigenvalue weighted by atomic mass is 9.79. The number of carbonyl (C=O) groups excluding carboxylic acids is 1. The predicted octanol–water partition coefficient (Wildman–Crippen LogP) is 2.98. The lowest BCUT2D eigenvalue weighted by Crippen LogP contribution is -2.47. The molecule has 1 aromatic rings. The Morgan fingerprint density at radius 2 is 2.00 bits per heavy atom. The van der Waals surface area contributed by atoms with Crippen molar-refractivity contribution in [3.05, 3.63) is 33.8 Å². The summed E-state index contributed by atoms with van der Waals surface area (Å²) in [7, 11) is 0. The van der Waals surface area contributed by atoms with Crippen molar-refractivity contribution in [2.24, 2.45) is 16.3 Å². The van der Waals surface area contributed by atoms with Gasteiger partial charge in [0.05, 0.1) is 15.6 Å². The Kier molecular flexibility index (Phi) is 4.64. The van der Waals surface area contributed by atoms with Crippen LogP contribution in [0, 0.1) is 5.41 Å². The molecule has 1 saturated heterocycles. The third kappa shape index (κ3) is 3.09. The van der Waals surface area contributed by atoms with Gasteiger partial charge in [-0.3, -0.25) is 4.79 Å². The molecule has 0 unspecified atom stereocenters. The molecule has 1 heterocycles. The van der Waals surface area contributed by atoms with E-state index in [9.17, 15) is 4.79 Å². The summed E-state index contributed by atoms with van der Waals surface area (Å²) in [6.07, 6.45) is 1.26. The fourth-order valence-electron chi connectivity index (χ4n) is 2.42. The summed E-state index contributed by atoms with van der Waals surface area (Å²) in [6, 6.07) is 5.01. The fraction of sp³-hybridized carbons (Fsp3) is 0.429. The third-order valence-corrected chi connectivity index (χ3v) is 4.88. The molecule has 114 valence electrons.